The summed E-state index contributed by atoms with van der Waals surface area (Å²) in [4.78, 5) is 5.08. The number of para-hydroxylation sites is 2. The molecule has 0 N–H and O–H groups in total. The predicted octanol–water partition coefficient (Wildman–Crippen LogP) is 13.0. The molecule has 12 rings (SSSR count). The van der Waals surface area contributed by atoms with Gasteiger partial charge in [0.05, 0.1) is 5.41 Å². The van der Waals surface area contributed by atoms with E-state index in [1.807, 2.05) is 65.4 Å². The topological polar surface area (TPSA) is 36.9 Å². The van der Waals surface area contributed by atoms with Gasteiger partial charge in [-0.3, -0.25) is 0 Å². The van der Waals surface area contributed by atoms with E-state index in [4.69, 9.17) is 13.8 Å². The quantitative estimate of drug-likeness (QED) is 0.176. The first-order chi connectivity index (χ1) is 30.4. The van der Waals surface area contributed by atoms with Gasteiger partial charge in [-0.1, -0.05) is 93.6 Å². The molecule has 292 valence electrons. The molecule has 0 saturated heterocycles. The SMILES string of the molecule is [2H]C([2H])([2H])n1[c](=[Pt])n(-c2cccc(Oc3ccc4c5cc6c(cc5n(-c5cc(C(C)(C)C)ccn5)c4c3)C3(c4ccccc4-c4ccccc43)c3ccccc3-6)c2)c2ccccc21. The van der Waals surface area contributed by atoms with Crippen LogP contribution in [0.3, 0.4) is 0 Å². The standard InChI is InChI=1S/C54H40N4O.Pt/c1-53(2,3)34-26-27-55-52(28-34)58-50-30-37(59-36-15-13-14-35(29-36)57-33-56(4)48-22-11-12-23-49(48)57)24-25-41(50)43-31-42-40-18-7-10-21-46(40)54(47(42)32-51(43)58)44-19-8-5-16-38(44)39-17-6-9-20-45(39)54;/h5-32H,1-4H3;/i4D3;. The Hall–Kier alpha value is -6.55. The number of rotatable bonds is 4. The second-order valence-electron chi connectivity index (χ2n) is 17.0. The predicted molar refractivity (Wildman–Crippen MR) is 239 cm³/mol. The fraction of sp³-hybridized carbons (Fsp3) is 0.111. The summed E-state index contributed by atoms with van der Waals surface area (Å²) in [5.74, 6) is 2.15. The van der Waals surface area contributed by atoms with Gasteiger partial charge < -0.3 is 0 Å². The Bertz CT molecular complexity index is 3580. The molecule has 10 aromatic rings. The van der Waals surface area contributed by atoms with Crippen LogP contribution in [0.4, 0.5) is 0 Å². The Morgan fingerprint density at radius 3 is 1.88 bits per heavy atom. The van der Waals surface area contributed by atoms with Crippen molar-refractivity contribution in [1.82, 2.24) is 18.7 Å². The van der Waals surface area contributed by atoms with Gasteiger partial charge in [0.2, 0.25) is 0 Å². The van der Waals surface area contributed by atoms with E-state index in [2.05, 4.69) is 154 Å². The summed E-state index contributed by atoms with van der Waals surface area (Å²) in [7, 11) is 0. The molecule has 6 heteroatoms. The van der Waals surface area contributed by atoms with Crippen LogP contribution in [-0.2, 0) is 37.2 Å². The zero-order valence-electron chi connectivity index (χ0n) is 36.2. The van der Waals surface area contributed by atoms with Gasteiger partial charge in [0.15, 0.2) is 0 Å². The number of hydrogen-bond acceptors (Lipinski definition) is 2. The van der Waals surface area contributed by atoms with Gasteiger partial charge in [-0.2, -0.15) is 0 Å². The molecule has 0 atom stereocenters. The van der Waals surface area contributed by atoms with Gasteiger partial charge in [-0.15, -0.1) is 0 Å². The monoisotopic (exact) mass is 958 g/mol. The van der Waals surface area contributed by atoms with Gasteiger partial charge in [0.1, 0.15) is 0 Å². The third-order valence-corrected chi connectivity index (χ3v) is 13.7. The number of aryl methyl sites for hydroxylation is 1. The van der Waals surface area contributed by atoms with Crippen LogP contribution in [-0.4, -0.2) is 18.7 Å². The van der Waals surface area contributed by atoms with Gasteiger partial charge in [0, 0.05) is 6.20 Å². The summed E-state index contributed by atoms with van der Waals surface area (Å²) in [5, 5.41) is 2.24. The number of imidazole rings is 1. The number of ether oxygens (including phenoxy) is 1. The molecule has 1 spiro atoms. The van der Waals surface area contributed by atoms with E-state index in [0.29, 0.717) is 20.8 Å². The summed E-state index contributed by atoms with van der Waals surface area (Å²) < 4.78 is 37.9. The number of benzene rings is 7. The molecular formula is C54H40N4OPt. The minimum atomic E-state index is -2.35. The first-order valence-electron chi connectivity index (χ1n) is 21.8. The van der Waals surface area contributed by atoms with Crippen molar-refractivity contribution in [2.75, 3.05) is 0 Å². The van der Waals surface area contributed by atoms with Crippen molar-refractivity contribution >= 4 is 32.8 Å². The third kappa shape index (κ3) is 4.84. The van der Waals surface area contributed by atoms with Crippen molar-refractivity contribution in [2.45, 2.75) is 31.6 Å². The molecule has 7 aromatic carbocycles. The van der Waals surface area contributed by atoms with Crippen LogP contribution < -0.4 is 4.74 Å². The number of pyridine rings is 1. The zero-order chi connectivity index (χ0) is 43.0. The van der Waals surface area contributed by atoms with E-state index < -0.39 is 12.4 Å². The van der Waals surface area contributed by atoms with Crippen LogP contribution in [0.25, 0.3) is 66.6 Å². The van der Waals surface area contributed by atoms with Crippen molar-refractivity contribution in [3.8, 4) is 45.3 Å². The van der Waals surface area contributed by atoms with E-state index >= 15 is 0 Å². The van der Waals surface area contributed by atoms with E-state index in [0.717, 1.165) is 38.8 Å². The van der Waals surface area contributed by atoms with Crippen molar-refractivity contribution in [3.63, 3.8) is 0 Å². The summed E-state index contributed by atoms with van der Waals surface area (Å²) in [6, 6.07) is 57.7. The zero-order valence-corrected chi connectivity index (χ0v) is 35.5. The summed E-state index contributed by atoms with van der Waals surface area (Å²) in [6.45, 7) is 4.37. The van der Waals surface area contributed by atoms with Gasteiger partial charge >= 0.3 is 198 Å². The van der Waals surface area contributed by atoms with Crippen LogP contribution in [0.1, 0.15) is 52.7 Å². The van der Waals surface area contributed by atoms with E-state index in [1.54, 1.807) is 0 Å². The summed E-state index contributed by atoms with van der Waals surface area (Å²) >= 11 is 2.11. The normalized spacial score (nSPS) is 14.5. The third-order valence-electron chi connectivity index (χ3n) is 12.7. The van der Waals surface area contributed by atoms with Crippen LogP contribution in [0.5, 0.6) is 11.5 Å². The van der Waals surface area contributed by atoms with Crippen LogP contribution in [0, 0.1) is 3.80 Å². The second-order valence-corrected chi connectivity index (χ2v) is 18.0. The molecule has 2 aliphatic rings. The van der Waals surface area contributed by atoms with Crippen molar-refractivity contribution in [1.29, 1.82) is 0 Å². The molecule has 0 saturated carbocycles. The molecule has 5 nitrogen and oxygen atoms in total. The van der Waals surface area contributed by atoms with E-state index in [9.17, 15) is 0 Å². The number of aromatic nitrogens is 4. The van der Waals surface area contributed by atoms with Gasteiger partial charge in [-0.25, -0.2) is 0 Å². The number of fused-ring (bicyclic) bond motifs is 14. The van der Waals surface area contributed by atoms with Gasteiger partial charge in [-0.05, 0) is 61.6 Å². The number of nitrogens with zero attached hydrogens (tertiary/aromatic N) is 4. The van der Waals surface area contributed by atoms with Crippen molar-refractivity contribution < 1.29 is 28.2 Å². The van der Waals surface area contributed by atoms with Crippen LogP contribution in [0.2, 0.25) is 0 Å². The molecule has 3 aromatic heterocycles. The molecular weight excluding hydrogens is 916 g/mol. The Labute approximate surface area is 363 Å². The molecule has 3 heterocycles. The summed E-state index contributed by atoms with van der Waals surface area (Å²) in [5.41, 5.74) is 15.2. The molecule has 0 unspecified atom stereocenters. The Balaban J connectivity index is 1.08. The molecule has 0 radical (unpaired) electrons. The minimum absolute atomic E-state index is 0.0916. The average molecular weight is 959 g/mol. The average Bonchev–Trinajstić information content (AvgIpc) is 3.96. The van der Waals surface area contributed by atoms with Crippen LogP contribution in [0.15, 0.2) is 170 Å². The summed E-state index contributed by atoms with van der Waals surface area (Å²) in [6.07, 6.45) is 1.93. The molecule has 0 amide bonds. The first-order valence-corrected chi connectivity index (χ1v) is 21.4. The fourth-order valence-corrected chi connectivity index (χ4v) is 10.9. The molecule has 0 fully saturated rings. The maximum atomic E-state index is 8.31. The van der Waals surface area contributed by atoms with Crippen molar-refractivity contribution in [3.05, 3.63) is 202 Å². The Kier molecular flexibility index (Phi) is 6.85. The first kappa shape index (κ1) is 32.3. The molecule has 60 heavy (non-hydrogen) atoms. The van der Waals surface area contributed by atoms with E-state index in [1.165, 1.54) is 54.6 Å². The van der Waals surface area contributed by atoms with E-state index in [-0.39, 0.29) is 5.41 Å². The van der Waals surface area contributed by atoms with Crippen LogP contribution >= 0.6 is 0 Å². The van der Waals surface area contributed by atoms with Crippen molar-refractivity contribution in [2.24, 2.45) is 6.98 Å². The Morgan fingerprint density at radius 1 is 0.550 bits per heavy atom. The maximum absolute atomic E-state index is 8.31. The number of hydrogen-bond donors (Lipinski definition) is 0. The van der Waals surface area contributed by atoms with Gasteiger partial charge in [0.25, 0.3) is 0 Å². The molecule has 0 aliphatic heterocycles. The molecule has 0 bridgehead atoms. The Morgan fingerprint density at radius 2 is 1.18 bits per heavy atom. The fourth-order valence-electron chi connectivity index (χ4n) is 10.1. The second kappa shape index (κ2) is 12.7. The molecule has 2 aliphatic carbocycles.